The number of benzene rings is 2. The molecule has 2 unspecified atom stereocenters. The molecule has 2 aliphatic heterocycles. The van der Waals surface area contributed by atoms with Gasteiger partial charge in [0.2, 0.25) is 5.91 Å². The number of fused-ring (bicyclic) bond motifs is 1. The van der Waals surface area contributed by atoms with E-state index in [1.165, 1.54) is 5.56 Å². The summed E-state index contributed by atoms with van der Waals surface area (Å²) in [5, 5.41) is 13.7. The lowest BCUT2D eigenvalue weighted by Crippen LogP contribution is -2.53. The Labute approximate surface area is 196 Å². The lowest BCUT2D eigenvalue weighted by molar-refractivity contribution is -0.117. The van der Waals surface area contributed by atoms with Crippen LogP contribution in [0.5, 0.6) is 11.5 Å². The molecule has 7 nitrogen and oxygen atoms in total. The number of hydrogen-bond acceptors (Lipinski definition) is 6. The number of nitrogens with one attached hydrogen (secondary N) is 1. The van der Waals surface area contributed by atoms with Crippen molar-refractivity contribution in [2.75, 3.05) is 51.2 Å². The van der Waals surface area contributed by atoms with E-state index in [-0.39, 0.29) is 12.0 Å². The van der Waals surface area contributed by atoms with Crippen molar-refractivity contribution in [3.8, 4) is 11.5 Å². The van der Waals surface area contributed by atoms with Crippen molar-refractivity contribution in [1.29, 1.82) is 0 Å². The molecule has 178 valence electrons. The molecular weight excluding hydrogens is 418 g/mol. The predicted molar refractivity (Wildman–Crippen MR) is 129 cm³/mol. The van der Waals surface area contributed by atoms with Crippen LogP contribution in [0, 0.1) is 5.92 Å². The number of hydrogen-bond donors (Lipinski definition) is 2. The van der Waals surface area contributed by atoms with Crippen LogP contribution in [0.1, 0.15) is 19.4 Å². The van der Waals surface area contributed by atoms with Crippen LogP contribution in [-0.2, 0) is 11.2 Å². The zero-order chi connectivity index (χ0) is 23.2. The van der Waals surface area contributed by atoms with Gasteiger partial charge in [-0.3, -0.25) is 14.6 Å². The molecule has 4 rings (SSSR count). The first-order chi connectivity index (χ1) is 16.0. The number of carbonyl (C=O) groups is 1. The van der Waals surface area contributed by atoms with Crippen molar-refractivity contribution in [3.05, 3.63) is 54.1 Å². The van der Waals surface area contributed by atoms with Crippen molar-refractivity contribution >= 4 is 11.6 Å². The Balaban J connectivity index is 1.17. The van der Waals surface area contributed by atoms with Crippen LogP contribution in [0.25, 0.3) is 0 Å². The molecule has 0 bridgehead atoms. The molecule has 0 saturated carbocycles. The topological polar surface area (TPSA) is 74.3 Å². The van der Waals surface area contributed by atoms with Gasteiger partial charge in [0.1, 0.15) is 12.7 Å². The SMILES string of the molecule is CC(C)Cc1ccc(NC(=O)CN2CCN(CC(O)C3COc4ccccc4O3)CC2)cc1. The van der Waals surface area contributed by atoms with Gasteiger partial charge in [-0.15, -0.1) is 0 Å². The molecule has 1 saturated heterocycles. The third-order valence-electron chi connectivity index (χ3n) is 6.12. The van der Waals surface area contributed by atoms with Crippen molar-refractivity contribution in [3.63, 3.8) is 0 Å². The minimum absolute atomic E-state index is 0.00603. The molecule has 7 heteroatoms. The molecule has 2 heterocycles. The molecule has 1 fully saturated rings. The molecule has 0 aromatic heterocycles. The van der Waals surface area contributed by atoms with E-state index in [9.17, 15) is 9.90 Å². The Morgan fingerprint density at radius 3 is 2.39 bits per heavy atom. The lowest BCUT2D eigenvalue weighted by atomic mass is 10.0. The Hall–Kier alpha value is -2.61. The second-order valence-electron chi connectivity index (χ2n) is 9.40. The van der Waals surface area contributed by atoms with Gasteiger partial charge in [-0.1, -0.05) is 38.1 Å². The van der Waals surface area contributed by atoms with E-state index in [1.807, 2.05) is 36.4 Å². The number of anilines is 1. The van der Waals surface area contributed by atoms with Gasteiger partial charge in [0.05, 0.1) is 6.54 Å². The van der Waals surface area contributed by atoms with Crippen LogP contribution in [0.2, 0.25) is 0 Å². The average Bonchev–Trinajstić information content (AvgIpc) is 2.81. The molecule has 2 N–H and O–H groups in total. The van der Waals surface area contributed by atoms with Gasteiger partial charge in [-0.25, -0.2) is 0 Å². The number of rotatable bonds is 8. The highest BCUT2D eigenvalue weighted by molar-refractivity contribution is 5.92. The third-order valence-corrected chi connectivity index (χ3v) is 6.12. The van der Waals surface area contributed by atoms with Gasteiger partial charge in [0.15, 0.2) is 17.6 Å². The number of piperazine rings is 1. The standard InChI is InChI=1S/C26H35N3O4/c1-19(2)15-20-7-9-21(10-8-20)27-26(31)17-29-13-11-28(12-14-29)16-22(30)25-18-32-23-5-3-4-6-24(23)33-25/h3-10,19,22,25,30H,11-18H2,1-2H3,(H,27,31). The summed E-state index contributed by atoms with van der Waals surface area (Å²) in [5.41, 5.74) is 2.13. The number of ether oxygens (including phenoxy) is 2. The molecule has 2 aromatic carbocycles. The summed E-state index contributed by atoms with van der Waals surface area (Å²) in [6, 6.07) is 15.7. The quantitative estimate of drug-likeness (QED) is 0.640. The second-order valence-corrected chi connectivity index (χ2v) is 9.40. The first-order valence-corrected chi connectivity index (χ1v) is 11.9. The lowest BCUT2D eigenvalue weighted by Gasteiger charge is -2.37. The Morgan fingerprint density at radius 1 is 1.03 bits per heavy atom. The Kier molecular flexibility index (Phi) is 7.85. The van der Waals surface area contributed by atoms with Gasteiger partial charge < -0.3 is 19.9 Å². The molecule has 1 amide bonds. The molecule has 0 radical (unpaired) electrons. The van der Waals surface area contributed by atoms with E-state index in [4.69, 9.17) is 9.47 Å². The number of para-hydroxylation sites is 2. The number of aliphatic hydroxyl groups excluding tert-OH is 1. The van der Waals surface area contributed by atoms with Gasteiger partial charge in [0, 0.05) is 38.4 Å². The van der Waals surface area contributed by atoms with Crippen LogP contribution in [0.4, 0.5) is 5.69 Å². The minimum atomic E-state index is -0.633. The molecule has 33 heavy (non-hydrogen) atoms. The minimum Gasteiger partial charge on any atom is -0.486 e. The highest BCUT2D eigenvalue weighted by atomic mass is 16.6. The summed E-state index contributed by atoms with van der Waals surface area (Å²) >= 11 is 0. The summed E-state index contributed by atoms with van der Waals surface area (Å²) in [7, 11) is 0. The Bertz CT molecular complexity index is 910. The van der Waals surface area contributed by atoms with E-state index in [0.29, 0.717) is 31.4 Å². The molecular formula is C26H35N3O4. The molecule has 0 aliphatic carbocycles. The fourth-order valence-corrected chi connectivity index (χ4v) is 4.34. The average molecular weight is 454 g/mol. The van der Waals surface area contributed by atoms with Crippen LogP contribution in [0.3, 0.4) is 0 Å². The van der Waals surface area contributed by atoms with E-state index in [2.05, 4.69) is 41.1 Å². The maximum atomic E-state index is 12.5. The number of aliphatic hydroxyl groups is 1. The molecule has 0 spiro atoms. The van der Waals surface area contributed by atoms with Crippen LogP contribution in [-0.4, -0.2) is 78.9 Å². The van der Waals surface area contributed by atoms with Crippen LogP contribution >= 0.6 is 0 Å². The number of β-amino-alcohol motifs (C(OH)–C–C–N with tert-alkyl or cyclic N) is 1. The van der Waals surface area contributed by atoms with Gasteiger partial charge in [-0.05, 0) is 42.2 Å². The number of nitrogens with zero attached hydrogens (tertiary/aromatic N) is 2. The van der Waals surface area contributed by atoms with E-state index < -0.39 is 6.10 Å². The smallest absolute Gasteiger partial charge is 0.238 e. The van der Waals surface area contributed by atoms with Crippen LogP contribution in [0.15, 0.2) is 48.5 Å². The monoisotopic (exact) mass is 453 g/mol. The van der Waals surface area contributed by atoms with Crippen LogP contribution < -0.4 is 14.8 Å². The highest BCUT2D eigenvalue weighted by Crippen LogP contribution is 2.31. The maximum absolute atomic E-state index is 12.5. The summed E-state index contributed by atoms with van der Waals surface area (Å²) in [5.74, 6) is 2.02. The van der Waals surface area contributed by atoms with Gasteiger partial charge in [-0.2, -0.15) is 0 Å². The zero-order valence-corrected chi connectivity index (χ0v) is 19.6. The van der Waals surface area contributed by atoms with Crippen molar-refractivity contribution < 1.29 is 19.4 Å². The number of amides is 1. The van der Waals surface area contributed by atoms with Crippen molar-refractivity contribution in [2.24, 2.45) is 5.92 Å². The first kappa shape index (κ1) is 23.5. The predicted octanol–water partition coefficient (Wildman–Crippen LogP) is 2.64. The van der Waals surface area contributed by atoms with E-state index in [1.54, 1.807) is 0 Å². The summed E-state index contributed by atoms with van der Waals surface area (Å²) in [6.45, 7) is 8.84. The summed E-state index contributed by atoms with van der Waals surface area (Å²) in [4.78, 5) is 16.8. The fraction of sp³-hybridized carbons (Fsp3) is 0.500. The van der Waals surface area contributed by atoms with Gasteiger partial charge >= 0.3 is 0 Å². The highest BCUT2D eigenvalue weighted by Gasteiger charge is 2.30. The normalized spacial score (nSPS) is 19.9. The fourth-order valence-electron chi connectivity index (χ4n) is 4.34. The third kappa shape index (κ3) is 6.69. The van der Waals surface area contributed by atoms with Crippen molar-refractivity contribution in [1.82, 2.24) is 9.80 Å². The molecule has 2 atom stereocenters. The van der Waals surface area contributed by atoms with Crippen molar-refractivity contribution in [2.45, 2.75) is 32.5 Å². The first-order valence-electron chi connectivity index (χ1n) is 11.9. The molecule has 2 aromatic rings. The summed E-state index contributed by atoms with van der Waals surface area (Å²) < 4.78 is 11.6. The number of carbonyl (C=O) groups excluding carboxylic acids is 1. The molecule has 2 aliphatic rings. The maximum Gasteiger partial charge on any atom is 0.238 e. The summed E-state index contributed by atoms with van der Waals surface area (Å²) in [6.07, 6.45) is 0.0305. The Morgan fingerprint density at radius 2 is 1.70 bits per heavy atom. The largest absolute Gasteiger partial charge is 0.486 e. The van der Waals surface area contributed by atoms with Gasteiger partial charge in [0.25, 0.3) is 0 Å². The zero-order valence-electron chi connectivity index (χ0n) is 19.6. The van der Waals surface area contributed by atoms with E-state index >= 15 is 0 Å². The van der Waals surface area contributed by atoms with E-state index in [0.717, 1.165) is 44.0 Å². The second kappa shape index (κ2) is 11.0.